The SMILES string of the molecule is C[C@H]1[C@@H](c2ccccc2)N(C(=O)CC(c2ccccc2)C2CCN(S(C)(=O)=O)CC2)C(=O)N1C. The highest BCUT2D eigenvalue weighted by atomic mass is 32.2. The Morgan fingerprint density at radius 2 is 1.56 bits per heavy atom. The molecule has 4 rings (SSSR count). The maximum atomic E-state index is 13.8. The van der Waals surface area contributed by atoms with Crippen LogP contribution >= 0.6 is 0 Å². The lowest BCUT2D eigenvalue weighted by Gasteiger charge is -2.36. The number of imide groups is 1. The third-order valence-electron chi connectivity index (χ3n) is 7.42. The van der Waals surface area contributed by atoms with Gasteiger partial charge in [-0.3, -0.25) is 9.69 Å². The van der Waals surface area contributed by atoms with Crippen LogP contribution < -0.4 is 0 Å². The normalized spacial score (nSPS) is 23.3. The van der Waals surface area contributed by atoms with Crippen molar-refractivity contribution in [3.05, 3.63) is 71.8 Å². The van der Waals surface area contributed by atoms with Gasteiger partial charge in [-0.15, -0.1) is 0 Å². The average molecular weight is 484 g/mol. The maximum Gasteiger partial charge on any atom is 0.327 e. The van der Waals surface area contributed by atoms with Gasteiger partial charge in [-0.1, -0.05) is 60.7 Å². The third kappa shape index (κ3) is 4.88. The fourth-order valence-corrected chi connectivity index (χ4v) is 6.26. The second-order valence-electron chi connectivity index (χ2n) is 9.47. The van der Waals surface area contributed by atoms with Crippen molar-refractivity contribution in [3.8, 4) is 0 Å². The summed E-state index contributed by atoms with van der Waals surface area (Å²) in [6.45, 7) is 2.88. The molecule has 2 aromatic rings. The summed E-state index contributed by atoms with van der Waals surface area (Å²) < 4.78 is 25.5. The molecule has 0 radical (unpaired) electrons. The first kappa shape index (κ1) is 24.4. The van der Waals surface area contributed by atoms with Crippen molar-refractivity contribution in [3.63, 3.8) is 0 Å². The van der Waals surface area contributed by atoms with Crippen LogP contribution in [0.4, 0.5) is 4.79 Å². The van der Waals surface area contributed by atoms with Gasteiger partial charge in [-0.05, 0) is 42.7 Å². The highest BCUT2D eigenvalue weighted by Gasteiger charge is 2.46. The third-order valence-corrected chi connectivity index (χ3v) is 8.73. The van der Waals surface area contributed by atoms with Gasteiger partial charge in [0.2, 0.25) is 15.9 Å². The van der Waals surface area contributed by atoms with Gasteiger partial charge in [-0.25, -0.2) is 17.5 Å². The number of piperidine rings is 1. The molecule has 0 N–H and O–H groups in total. The first-order chi connectivity index (χ1) is 16.2. The summed E-state index contributed by atoms with van der Waals surface area (Å²) in [5.74, 6) is -0.109. The Balaban J connectivity index is 1.60. The van der Waals surface area contributed by atoms with Crippen LogP contribution in [0.3, 0.4) is 0 Å². The number of likely N-dealkylation sites (N-methyl/N-ethyl adjacent to an activating group) is 1. The summed E-state index contributed by atoms with van der Waals surface area (Å²) in [4.78, 5) is 30.0. The van der Waals surface area contributed by atoms with E-state index in [0.717, 1.165) is 11.1 Å². The lowest BCUT2D eigenvalue weighted by atomic mass is 9.78. The number of carbonyl (C=O) groups excluding carboxylic acids is 2. The lowest BCUT2D eigenvalue weighted by Crippen LogP contribution is -2.41. The molecule has 2 heterocycles. The van der Waals surface area contributed by atoms with E-state index in [9.17, 15) is 18.0 Å². The monoisotopic (exact) mass is 483 g/mol. The van der Waals surface area contributed by atoms with Crippen LogP contribution in [-0.4, -0.2) is 66.9 Å². The van der Waals surface area contributed by atoms with Gasteiger partial charge < -0.3 is 4.90 Å². The van der Waals surface area contributed by atoms with Crippen LogP contribution in [0.5, 0.6) is 0 Å². The molecule has 3 atom stereocenters. The maximum absolute atomic E-state index is 13.8. The molecular formula is C26H33N3O4S. The Morgan fingerprint density at radius 3 is 2.12 bits per heavy atom. The number of sulfonamides is 1. The largest absolute Gasteiger partial charge is 0.327 e. The van der Waals surface area contributed by atoms with Gasteiger partial charge >= 0.3 is 6.03 Å². The van der Waals surface area contributed by atoms with E-state index in [4.69, 9.17) is 0 Å². The molecular weight excluding hydrogens is 450 g/mol. The zero-order valence-corrected chi connectivity index (χ0v) is 20.8. The fraction of sp³-hybridized carbons (Fsp3) is 0.462. The minimum absolute atomic E-state index is 0.0826. The number of benzene rings is 2. The van der Waals surface area contributed by atoms with Crippen LogP contribution in [-0.2, 0) is 14.8 Å². The van der Waals surface area contributed by atoms with E-state index in [1.54, 1.807) is 11.9 Å². The first-order valence-corrected chi connectivity index (χ1v) is 13.7. The van der Waals surface area contributed by atoms with Crippen molar-refractivity contribution in [2.45, 2.75) is 44.2 Å². The predicted molar refractivity (Wildman–Crippen MR) is 132 cm³/mol. The molecule has 7 nitrogen and oxygen atoms in total. The molecule has 0 aliphatic carbocycles. The van der Waals surface area contributed by atoms with Gasteiger partial charge in [-0.2, -0.15) is 0 Å². The fourth-order valence-electron chi connectivity index (χ4n) is 5.38. The molecule has 3 amide bonds. The van der Waals surface area contributed by atoms with E-state index in [1.807, 2.05) is 67.6 Å². The number of carbonyl (C=O) groups is 2. The quantitative estimate of drug-likeness (QED) is 0.625. The Bertz CT molecular complexity index is 1120. The molecule has 0 saturated carbocycles. The second kappa shape index (κ2) is 9.88. The van der Waals surface area contributed by atoms with Crippen molar-refractivity contribution >= 4 is 22.0 Å². The van der Waals surface area contributed by atoms with Crippen molar-refractivity contribution in [2.24, 2.45) is 5.92 Å². The standard InChI is InChI=1S/C26H33N3O4S/c1-19-25(22-12-8-5-9-13-22)29(26(31)27(19)2)24(30)18-23(20-10-6-4-7-11-20)21-14-16-28(17-15-21)34(3,32)33/h4-13,19,21,23,25H,14-18H2,1-3H3/t19-,23?,25-/m0/s1. The molecule has 2 fully saturated rings. The molecule has 2 aromatic carbocycles. The van der Waals surface area contributed by atoms with Crippen molar-refractivity contribution in [2.75, 3.05) is 26.4 Å². The molecule has 2 saturated heterocycles. The van der Waals surface area contributed by atoms with Crippen molar-refractivity contribution in [1.29, 1.82) is 0 Å². The van der Waals surface area contributed by atoms with Crippen molar-refractivity contribution < 1.29 is 18.0 Å². The summed E-state index contributed by atoms with van der Waals surface area (Å²) in [5.41, 5.74) is 2.00. The topological polar surface area (TPSA) is 78.0 Å². The molecule has 0 aromatic heterocycles. The second-order valence-corrected chi connectivity index (χ2v) is 11.5. The number of rotatable bonds is 6. The van der Waals surface area contributed by atoms with E-state index in [0.29, 0.717) is 25.9 Å². The van der Waals surface area contributed by atoms with Crippen LogP contribution in [0.15, 0.2) is 60.7 Å². The number of nitrogens with zero attached hydrogens (tertiary/aromatic N) is 3. The van der Waals surface area contributed by atoms with Crippen LogP contribution in [0, 0.1) is 5.92 Å². The summed E-state index contributed by atoms with van der Waals surface area (Å²) in [6.07, 6.45) is 2.83. The highest BCUT2D eigenvalue weighted by molar-refractivity contribution is 7.88. The minimum atomic E-state index is -3.23. The smallest absolute Gasteiger partial charge is 0.322 e. The number of urea groups is 1. The highest BCUT2D eigenvalue weighted by Crippen LogP contribution is 2.40. The van der Waals surface area contributed by atoms with Gasteiger partial charge in [0.15, 0.2) is 0 Å². The minimum Gasteiger partial charge on any atom is -0.322 e. The Morgan fingerprint density at radius 1 is 1.00 bits per heavy atom. The summed E-state index contributed by atoms with van der Waals surface area (Å²) >= 11 is 0. The predicted octanol–water partition coefficient (Wildman–Crippen LogP) is 3.86. The average Bonchev–Trinajstić information content (AvgIpc) is 3.07. The molecule has 8 heteroatoms. The van der Waals surface area contributed by atoms with E-state index in [1.165, 1.54) is 15.5 Å². The molecule has 0 bridgehead atoms. The number of hydrogen-bond donors (Lipinski definition) is 0. The first-order valence-electron chi connectivity index (χ1n) is 11.8. The van der Waals surface area contributed by atoms with E-state index >= 15 is 0 Å². The Hall–Kier alpha value is -2.71. The molecule has 182 valence electrons. The van der Waals surface area contributed by atoms with Crippen LogP contribution in [0.1, 0.15) is 49.3 Å². The van der Waals surface area contributed by atoms with Gasteiger partial charge in [0.1, 0.15) is 0 Å². The van der Waals surface area contributed by atoms with Crippen LogP contribution in [0.25, 0.3) is 0 Å². The number of hydrogen-bond acceptors (Lipinski definition) is 4. The van der Waals surface area contributed by atoms with Gasteiger partial charge in [0.05, 0.1) is 18.3 Å². The van der Waals surface area contributed by atoms with Gasteiger partial charge in [0.25, 0.3) is 0 Å². The summed E-state index contributed by atoms with van der Waals surface area (Å²) in [6, 6.07) is 18.9. The van der Waals surface area contributed by atoms with Crippen molar-refractivity contribution in [1.82, 2.24) is 14.1 Å². The van der Waals surface area contributed by atoms with E-state index < -0.39 is 10.0 Å². The van der Waals surface area contributed by atoms with E-state index in [-0.39, 0.29) is 42.3 Å². The summed E-state index contributed by atoms with van der Waals surface area (Å²) in [5, 5.41) is 0. The zero-order chi connectivity index (χ0) is 24.5. The summed E-state index contributed by atoms with van der Waals surface area (Å²) in [7, 11) is -1.48. The van der Waals surface area contributed by atoms with E-state index in [2.05, 4.69) is 0 Å². The Labute approximate surface area is 202 Å². The zero-order valence-electron chi connectivity index (χ0n) is 20.0. The molecule has 0 spiro atoms. The van der Waals surface area contributed by atoms with Crippen LogP contribution in [0.2, 0.25) is 0 Å². The molecule has 2 aliphatic heterocycles. The number of amides is 3. The molecule has 2 aliphatic rings. The van der Waals surface area contributed by atoms with Gasteiger partial charge in [0, 0.05) is 26.6 Å². The Kier molecular flexibility index (Phi) is 7.09. The molecule has 34 heavy (non-hydrogen) atoms. The molecule has 1 unspecified atom stereocenters. The lowest BCUT2D eigenvalue weighted by molar-refractivity contribution is -0.130.